The van der Waals surface area contributed by atoms with Gasteiger partial charge in [0.1, 0.15) is 11.0 Å². The van der Waals surface area contributed by atoms with E-state index in [4.69, 9.17) is 11.6 Å². The van der Waals surface area contributed by atoms with Crippen molar-refractivity contribution in [2.24, 2.45) is 4.40 Å². The normalized spacial score (nSPS) is 14.4. The summed E-state index contributed by atoms with van der Waals surface area (Å²) in [6.07, 6.45) is 3.03. The first-order valence-corrected chi connectivity index (χ1v) is 5.96. The SMILES string of the molecule is CC(C)(C)S(=O)/N=C/c1ccc(Cl)cn1. The minimum atomic E-state index is -1.25. The van der Waals surface area contributed by atoms with Crippen LogP contribution in [-0.4, -0.2) is 20.2 Å². The van der Waals surface area contributed by atoms with E-state index in [0.29, 0.717) is 10.7 Å². The summed E-state index contributed by atoms with van der Waals surface area (Å²) in [5, 5.41) is 0.573. The van der Waals surface area contributed by atoms with Crippen molar-refractivity contribution in [3.05, 3.63) is 29.0 Å². The van der Waals surface area contributed by atoms with Crippen LogP contribution in [0, 0.1) is 0 Å². The predicted molar refractivity (Wildman–Crippen MR) is 64.7 cm³/mol. The second-order valence-corrected chi connectivity index (χ2v) is 6.37. The highest BCUT2D eigenvalue weighted by Gasteiger charge is 2.18. The van der Waals surface area contributed by atoms with Crippen molar-refractivity contribution in [1.82, 2.24) is 4.98 Å². The molecule has 82 valence electrons. The number of halogens is 1. The van der Waals surface area contributed by atoms with Gasteiger partial charge in [-0.1, -0.05) is 11.6 Å². The Morgan fingerprint density at radius 2 is 2.13 bits per heavy atom. The Bertz CT molecular complexity index is 381. The van der Waals surface area contributed by atoms with Crippen LogP contribution in [0.25, 0.3) is 0 Å². The van der Waals surface area contributed by atoms with Gasteiger partial charge in [0.15, 0.2) is 0 Å². The maximum absolute atomic E-state index is 11.6. The zero-order valence-electron chi connectivity index (χ0n) is 8.90. The van der Waals surface area contributed by atoms with Gasteiger partial charge in [-0.25, -0.2) is 4.21 Å². The zero-order chi connectivity index (χ0) is 11.5. The van der Waals surface area contributed by atoms with Crippen LogP contribution < -0.4 is 0 Å². The Morgan fingerprint density at radius 1 is 1.47 bits per heavy atom. The van der Waals surface area contributed by atoms with E-state index >= 15 is 0 Å². The van der Waals surface area contributed by atoms with Crippen molar-refractivity contribution in [1.29, 1.82) is 0 Å². The van der Waals surface area contributed by atoms with Gasteiger partial charge in [-0.3, -0.25) is 4.98 Å². The topological polar surface area (TPSA) is 42.3 Å². The number of pyridine rings is 1. The summed E-state index contributed by atoms with van der Waals surface area (Å²) in [4.78, 5) is 4.02. The molecular formula is C10H13ClN2OS. The molecule has 1 heterocycles. The molecule has 0 saturated carbocycles. The van der Waals surface area contributed by atoms with E-state index in [9.17, 15) is 4.21 Å². The lowest BCUT2D eigenvalue weighted by molar-refractivity contribution is 0.651. The molecule has 1 aromatic heterocycles. The van der Waals surface area contributed by atoms with Crippen LogP contribution in [0.4, 0.5) is 0 Å². The minimum absolute atomic E-state index is 0.344. The fourth-order valence-electron chi connectivity index (χ4n) is 0.724. The quantitative estimate of drug-likeness (QED) is 0.751. The largest absolute Gasteiger partial charge is 0.254 e. The van der Waals surface area contributed by atoms with Gasteiger partial charge in [-0.05, 0) is 32.9 Å². The molecule has 0 spiro atoms. The summed E-state index contributed by atoms with van der Waals surface area (Å²) in [5.41, 5.74) is 0.650. The molecule has 1 aromatic rings. The fourth-order valence-corrected chi connectivity index (χ4v) is 1.36. The maximum atomic E-state index is 11.6. The second kappa shape index (κ2) is 4.86. The molecule has 0 saturated heterocycles. The first kappa shape index (κ1) is 12.3. The van der Waals surface area contributed by atoms with Crippen molar-refractivity contribution < 1.29 is 4.21 Å². The molecule has 0 bridgehead atoms. The van der Waals surface area contributed by atoms with Crippen molar-refractivity contribution in [3.63, 3.8) is 0 Å². The zero-order valence-corrected chi connectivity index (χ0v) is 10.5. The van der Waals surface area contributed by atoms with Gasteiger partial charge in [0.2, 0.25) is 0 Å². The van der Waals surface area contributed by atoms with E-state index in [1.54, 1.807) is 12.1 Å². The highest BCUT2D eigenvalue weighted by molar-refractivity contribution is 7.85. The number of hydrogen-bond acceptors (Lipinski definition) is 2. The summed E-state index contributed by atoms with van der Waals surface area (Å²) in [5.74, 6) is 0. The molecule has 15 heavy (non-hydrogen) atoms. The average molecular weight is 245 g/mol. The molecule has 0 aliphatic rings. The first-order valence-electron chi connectivity index (χ1n) is 4.47. The number of hydrogen-bond donors (Lipinski definition) is 0. The fraction of sp³-hybridized carbons (Fsp3) is 0.400. The van der Waals surface area contributed by atoms with Gasteiger partial charge in [-0.2, -0.15) is 4.40 Å². The van der Waals surface area contributed by atoms with Gasteiger partial charge in [0.25, 0.3) is 0 Å². The first-order chi connectivity index (χ1) is 6.89. The molecule has 0 radical (unpaired) electrons. The second-order valence-electron chi connectivity index (χ2n) is 4.00. The number of rotatable bonds is 2. The molecule has 1 atom stereocenters. The third kappa shape index (κ3) is 4.10. The smallest absolute Gasteiger partial charge is 0.144 e. The molecule has 0 fully saturated rings. The van der Waals surface area contributed by atoms with E-state index in [1.807, 2.05) is 20.8 Å². The van der Waals surface area contributed by atoms with E-state index in [2.05, 4.69) is 9.38 Å². The van der Waals surface area contributed by atoms with E-state index in [0.717, 1.165) is 0 Å². The number of aromatic nitrogens is 1. The van der Waals surface area contributed by atoms with Crippen LogP contribution in [0.5, 0.6) is 0 Å². The lowest BCUT2D eigenvalue weighted by atomic mass is 10.3. The van der Waals surface area contributed by atoms with Gasteiger partial charge < -0.3 is 0 Å². The van der Waals surface area contributed by atoms with Crippen molar-refractivity contribution in [3.8, 4) is 0 Å². The molecule has 5 heteroatoms. The van der Waals surface area contributed by atoms with Gasteiger partial charge >= 0.3 is 0 Å². The van der Waals surface area contributed by atoms with Crippen LogP contribution >= 0.6 is 11.6 Å². The average Bonchev–Trinajstić information content (AvgIpc) is 2.15. The lowest BCUT2D eigenvalue weighted by Crippen LogP contribution is -2.19. The molecule has 0 N–H and O–H groups in total. The van der Waals surface area contributed by atoms with Crippen LogP contribution in [0.15, 0.2) is 22.7 Å². The summed E-state index contributed by atoms with van der Waals surface area (Å²) < 4.78 is 15.2. The Hall–Kier alpha value is -0.740. The molecule has 0 aliphatic heterocycles. The Balaban J connectivity index is 2.74. The van der Waals surface area contributed by atoms with Gasteiger partial charge in [0.05, 0.1) is 21.7 Å². The summed E-state index contributed by atoms with van der Waals surface area (Å²) in [6, 6.07) is 3.45. The third-order valence-corrected chi connectivity index (χ3v) is 3.12. The molecule has 3 nitrogen and oxygen atoms in total. The summed E-state index contributed by atoms with van der Waals surface area (Å²) in [6.45, 7) is 5.61. The highest BCUT2D eigenvalue weighted by atomic mass is 35.5. The van der Waals surface area contributed by atoms with Crippen molar-refractivity contribution in [2.75, 3.05) is 0 Å². The third-order valence-electron chi connectivity index (χ3n) is 1.55. The van der Waals surface area contributed by atoms with Crippen LogP contribution in [0.3, 0.4) is 0 Å². The van der Waals surface area contributed by atoms with Crippen LogP contribution in [0.1, 0.15) is 26.5 Å². The lowest BCUT2D eigenvalue weighted by Gasteiger charge is -2.12. The Morgan fingerprint density at radius 3 is 2.60 bits per heavy atom. The van der Waals surface area contributed by atoms with Crippen LogP contribution in [-0.2, 0) is 11.0 Å². The molecule has 1 unspecified atom stereocenters. The highest BCUT2D eigenvalue weighted by Crippen LogP contribution is 2.12. The Kier molecular flexibility index (Phi) is 3.99. The van der Waals surface area contributed by atoms with Crippen LogP contribution in [0.2, 0.25) is 5.02 Å². The molecular weight excluding hydrogens is 232 g/mol. The van der Waals surface area contributed by atoms with Gasteiger partial charge in [0, 0.05) is 6.20 Å². The molecule has 0 aromatic carbocycles. The molecule has 1 rings (SSSR count). The molecule has 0 amide bonds. The van der Waals surface area contributed by atoms with Gasteiger partial charge in [-0.15, -0.1) is 0 Å². The maximum Gasteiger partial charge on any atom is 0.144 e. The standard InChI is InChI=1S/C10H13ClN2OS/c1-10(2,3)15(14)13-7-9-5-4-8(11)6-12-9/h4-7H,1-3H3/b13-7+. The summed E-state index contributed by atoms with van der Waals surface area (Å²) >= 11 is 5.68. The number of nitrogens with zero attached hydrogens (tertiary/aromatic N) is 2. The minimum Gasteiger partial charge on any atom is -0.254 e. The van der Waals surface area contributed by atoms with Crippen molar-refractivity contribution >= 4 is 28.8 Å². The Labute approximate surface area is 97.2 Å². The van der Waals surface area contributed by atoms with E-state index < -0.39 is 11.0 Å². The van der Waals surface area contributed by atoms with Crippen molar-refractivity contribution in [2.45, 2.75) is 25.5 Å². The monoisotopic (exact) mass is 244 g/mol. The predicted octanol–water partition coefficient (Wildman–Crippen LogP) is 2.62. The molecule has 0 aliphatic carbocycles. The van der Waals surface area contributed by atoms with E-state index in [1.165, 1.54) is 12.4 Å². The van der Waals surface area contributed by atoms with E-state index in [-0.39, 0.29) is 4.75 Å². The summed E-state index contributed by atoms with van der Waals surface area (Å²) in [7, 11) is -1.25.